The topological polar surface area (TPSA) is 194 Å². The molecule has 2 N–H and O–H groups in total. The highest BCUT2D eigenvalue weighted by atomic mass is 32.1. The van der Waals surface area contributed by atoms with Gasteiger partial charge in [0.15, 0.2) is 10.9 Å². The molecule has 1 unspecified atom stereocenters. The quantitative estimate of drug-likeness (QED) is 0.0509. The third-order valence-corrected chi connectivity index (χ3v) is 14.4. The molecule has 0 spiro atoms. The highest BCUT2D eigenvalue weighted by molar-refractivity contribution is 7.81. The summed E-state index contributed by atoms with van der Waals surface area (Å²) in [5, 5.41) is 24.3. The molecule has 78 heavy (non-hydrogen) atoms. The second-order valence-electron chi connectivity index (χ2n) is 20.0. The van der Waals surface area contributed by atoms with Crippen molar-refractivity contribution in [3.05, 3.63) is 112 Å². The summed E-state index contributed by atoms with van der Waals surface area (Å²) in [5.41, 5.74) is -4.61. The average molecular weight is 1120 g/mol. The van der Waals surface area contributed by atoms with Crippen molar-refractivity contribution in [2.45, 2.75) is 104 Å². The number of alkyl halides is 6. The third-order valence-electron chi connectivity index (χ3n) is 13.1. The van der Waals surface area contributed by atoms with Crippen LogP contribution in [0.3, 0.4) is 0 Å². The molecule has 15 nitrogen and oxygen atoms in total. The number of nitrogens with zero attached hydrogens (tertiary/aromatic N) is 7. The fourth-order valence-corrected chi connectivity index (χ4v) is 10.4. The summed E-state index contributed by atoms with van der Waals surface area (Å²) >= 11 is 6.94. The number of pyridine rings is 1. The Hall–Kier alpha value is -7.54. The maximum absolute atomic E-state index is 15.5. The first-order valence-corrected chi connectivity index (χ1v) is 25.7. The van der Waals surface area contributed by atoms with Crippen LogP contribution in [-0.2, 0) is 42.8 Å². The van der Waals surface area contributed by atoms with E-state index in [1.54, 1.807) is 16.8 Å². The number of unbranched alkanes of at least 4 members (excludes halogenated alkanes) is 1. The first kappa shape index (κ1) is 58.1. The zero-order valence-corrected chi connectivity index (χ0v) is 44.6. The minimum absolute atomic E-state index is 0.0418. The Morgan fingerprint density at radius 2 is 1.60 bits per heavy atom. The van der Waals surface area contributed by atoms with Gasteiger partial charge in [0.05, 0.1) is 68.7 Å². The van der Waals surface area contributed by atoms with Gasteiger partial charge in [-0.2, -0.15) is 36.9 Å². The van der Waals surface area contributed by atoms with Crippen molar-refractivity contribution in [1.82, 2.24) is 25.5 Å². The molecule has 2 saturated heterocycles. The number of hydrogen-bond acceptors (Lipinski definition) is 12. The van der Waals surface area contributed by atoms with Crippen LogP contribution in [0.2, 0.25) is 0 Å². The van der Waals surface area contributed by atoms with E-state index in [4.69, 9.17) is 21.7 Å². The van der Waals surface area contributed by atoms with Gasteiger partial charge in [0.25, 0.3) is 5.91 Å². The average Bonchev–Trinajstić information content (AvgIpc) is 4.11. The van der Waals surface area contributed by atoms with Gasteiger partial charge in [-0.1, -0.05) is 45.0 Å². The Morgan fingerprint density at radius 1 is 0.923 bits per heavy atom. The molecule has 0 radical (unpaired) electrons. The summed E-state index contributed by atoms with van der Waals surface area (Å²) in [6, 6.07) is 15.0. The van der Waals surface area contributed by atoms with Gasteiger partial charge >= 0.3 is 12.4 Å². The minimum Gasteiger partial charge on any atom is -0.492 e. The molecular formula is C54H52F7N9O6S2. The molecule has 4 amide bonds. The monoisotopic (exact) mass is 1120 g/mol. The Kier molecular flexibility index (Phi) is 17.3. The number of nitriles is 2. The Morgan fingerprint density at radius 3 is 2.23 bits per heavy atom. The van der Waals surface area contributed by atoms with Crippen LogP contribution in [0.5, 0.6) is 5.75 Å². The van der Waals surface area contributed by atoms with Crippen molar-refractivity contribution >= 4 is 63.7 Å². The SMILES string of the molecule is Cc1ncsc1-c1ccc(CNC(=O)C2CCCN2C(=O)[C@@H](NC(=O)COCCCCOc2ccc(-c3ncc(N4C(=S)N(c5ccc(C#N)c(C(F)(F)F)c5F)C(=O)C4(C)C)cc3C(F)(F)F)cc2C#N)C(C)(C)C)cc1. The van der Waals surface area contributed by atoms with Crippen molar-refractivity contribution in [2.24, 2.45) is 5.41 Å². The van der Waals surface area contributed by atoms with Crippen LogP contribution in [0.1, 0.15) is 93.8 Å². The van der Waals surface area contributed by atoms with Crippen LogP contribution in [0.15, 0.2) is 72.4 Å². The fourth-order valence-electron chi connectivity index (χ4n) is 9.09. The minimum atomic E-state index is -5.35. The normalized spacial score (nSPS) is 16.0. The molecular weight excluding hydrogens is 1070 g/mol. The number of rotatable bonds is 17. The van der Waals surface area contributed by atoms with Crippen LogP contribution in [0.4, 0.5) is 42.1 Å². The molecule has 2 atom stereocenters. The van der Waals surface area contributed by atoms with E-state index in [9.17, 15) is 56.0 Å². The molecule has 0 bridgehead atoms. The molecule has 0 saturated carbocycles. The number of anilines is 2. The third kappa shape index (κ3) is 12.4. The lowest BCUT2D eigenvalue weighted by atomic mass is 9.85. The zero-order chi connectivity index (χ0) is 57.1. The van der Waals surface area contributed by atoms with Crippen molar-refractivity contribution < 1.29 is 59.4 Å². The lowest BCUT2D eigenvalue weighted by molar-refractivity contribution is -0.144. The molecule has 5 aromatic rings. The van der Waals surface area contributed by atoms with Gasteiger partial charge in [-0.25, -0.2) is 9.37 Å². The number of halogens is 7. The summed E-state index contributed by atoms with van der Waals surface area (Å²) in [5.74, 6) is -4.24. The highest BCUT2D eigenvalue weighted by Gasteiger charge is 2.53. The number of amides is 4. The number of ether oxygens (including phenoxy) is 2. The number of thiocarbonyl (C=S) groups is 1. The van der Waals surface area contributed by atoms with Crippen molar-refractivity contribution in [3.63, 3.8) is 0 Å². The predicted molar refractivity (Wildman–Crippen MR) is 278 cm³/mol. The number of benzene rings is 3. The number of carbonyl (C=O) groups is 4. The molecule has 4 heterocycles. The first-order valence-electron chi connectivity index (χ1n) is 24.4. The van der Waals surface area contributed by atoms with E-state index in [1.807, 2.05) is 58.0 Å². The van der Waals surface area contributed by atoms with E-state index < -0.39 is 91.9 Å². The summed E-state index contributed by atoms with van der Waals surface area (Å²) in [6.45, 7) is 10.2. The summed E-state index contributed by atoms with van der Waals surface area (Å²) in [4.78, 5) is 66.5. The highest BCUT2D eigenvalue weighted by Crippen LogP contribution is 2.45. The second kappa shape index (κ2) is 23.2. The van der Waals surface area contributed by atoms with Crippen LogP contribution in [-0.4, -0.2) is 87.6 Å². The van der Waals surface area contributed by atoms with Crippen LogP contribution in [0.25, 0.3) is 21.7 Å². The summed E-state index contributed by atoms with van der Waals surface area (Å²) in [6.07, 6.45) is -7.67. The molecule has 410 valence electrons. The van der Waals surface area contributed by atoms with Gasteiger partial charge < -0.3 is 29.9 Å². The fraction of sp³-hybridized carbons (Fsp3) is 0.389. The van der Waals surface area contributed by atoms with Gasteiger partial charge in [0, 0.05) is 25.3 Å². The molecule has 24 heteroatoms. The lowest BCUT2D eigenvalue weighted by Crippen LogP contribution is -2.58. The number of thiazole rings is 1. The van der Waals surface area contributed by atoms with Gasteiger partial charge in [-0.05, 0) is 112 Å². The van der Waals surface area contributed by atoms with E-state index in [0.29, 0.717) is 49.3 Å². The summed E-state index contributed by atoms with van der Waals surface area (Å²) in [7, 11) is 0. The van der Waals surface area contributed by atoms with Crippen LogP contribution < -0.4 is 25.2 Å². The van der Waals surface area contributed by atoms with Crippen molar-refractivity contribution in [2.75, 3.05) is 36.2 Å². The largest absolute Gasteiger partial charge is 0.492 e. The van der Waals surface area contributed by atoms with Crippen molar-refractivity contribution in [1.29, 1.82) is 10.5 Å². The Labute approximate surface area is 454 Å². The molecule has 0 aliphatic carbocycles. The molecule has 3 aromatic carbocycles. The zero-order valence-electron chi connectivity index (χ0n) is 43.0. The number of aryl methyl sites for hydroxylation is 1. The van der Waals surface area contributed by atoms with Crippen molar-refractivity contribution in [3.8, 4) is 39.6 Å². The van der Waals surface area contributed by atoms with Gasteiger partial charge in [0.1, 0.15) is 41.6 Å². The standard InChI is InChI=1S/C54H52F7N9O6S2/c1-30-45(78-29-66-30)32-13-11-31(12-14-32)26-65-47(72)39-10-9-19-68(39)48(73)46(51(2,3)4)67-41(71)28-75-20-7-8-21-76-40-18-16-33(22-35(40)25-63)44-37(53(56,57)58)23-36(27-64-44)70-50(77)69(49(74)52(70,5)6)38-17-15-34(24-62)42(43(38)55)54(59,60)61/h11-18,22-23,27,29,39,46H,7-10,19-21,26,28H2,1-6H3,(H,65,72)(H,67,71)/t39?,46-/m1/s1. The number of hydrogen-bond donors (Lipinski definition) is 2. The number of aromatic nitrogens is 2. The molecule has 7 rings (SSSR count). The Balaban J connectivity index is 0.918. The van der Waals surface area contributed by atoms with E-state index in [0.717, 1.165) is 44.9 Å². The van der Waals surface area contributed by atoms with Gasteiger partial charge in [-0.15, -0.1) is 11.3 Å². The number of nitrogens with one attached hydrogen (secondary N) is 2. The molecule has 2 aliphatic heterocycles. The maximum Gasteiger partial charge on any atom is 0.420 e. The van der Waals surface area contributed by atoms with E-state index >= 15 is 4.39 Å². The molecule has 2 aromatic heterocycles. The van der Waals surface area contributed by atoms with E-state index in [-0.39, 0.29) is 55.1 Å². The summed E-state index contributed by atoms with van der Waals surface area (Å²) < 4.78 is 113. The first-order chi connectivity index (χ1) is 36.7. The number of likely N-dealkylation sites (tertiary alicyclic amines) is 1. The second-order valence-corrected chi connectivity index (χ2v) is 21.2. The van der Waals surface area contributed by atoms with Gasteiger partial charge in [-0.3, -0.25) is 29.1 Å². The molecule has 2 fully saturated rings. The smallest absolute Gasteiger partial charge is 0.420 e. The predicted octanol–water partition coefficient (Wildman–Crippen LogP) is 10.0. The Bertz CT molecular complexity index is 3220. The van der Waals surface area contributed by atoms with Crippen LogP contribution in [0, 0.1) is 40.8 Å². The van der Waals surface area contributed by atoms with E-state index in [2.05, 4.69) is 20.6 Å². The lowest BCUT2D eigenvalue weighted by Gasteiger charge is -2.35. The van der Waals surface area contributed by atoms with Crippen LogP contribution >= 0.6 is 23.6 Å². The maximum atomic E-state index is 15.5. The number of carbonyl (C=O) groups excluding carboxylic acids is 4. The molecule has 2 aliphatic rings. The van der Waals surface area contributed by atoms with Gasteiger partial charge in [0.2, 0.25) is 17.7 Å². The van der Waals surface area contributed by atoms with E-state index in [1.165, 1.54) is 36.9 Å².